The highest BCUT2D eigenvalue weighted by Crippen LogP contribution is 2.16. The van der Waals surface area contributed by atoms with Crippen LogP contribution in [0, 0.1) is 0 Å². The largest absolute Gasteiger partial charge is 0.388 e. The Morgan fingerprint density at radius 3 is 2.83 bits per heavy atom. The zero-order valence-electron chi connectivity index (χ0n) is 7.13. The average molecular weight is 229 g/mol. The first kappa shape index (κ1) is 9.75. The molecule has 1 aromatic rings. The summed E-state index contributed by atoms with van der Waals surface area (Å²) in [6.07, 6.45) is 0.638. The van der Waals surface area contributed by atoms with Gasteiger partial charge in [0, 0.05) is 5.33 Å². The summed E-state index contributed by atoms with van der Waals surface area (Å²) in [5.74, 6) is 0. The Morgan fingerprint density at radius 2 is 2.25 bits per heavy atom. The quantitative estimate of drug-likeness (QED) is 0.790. The molecule has 12 heavy (non-hydrogen) atoms. The average Bonchev–Trinajstić information content (AvgIpc) is 2.17. The van der Waals surface area contributed by atoms with Gasteiger partial charge in [-0.1, -0.05) is 47.1 Å². The van der Waals surface area contributed by atoms with Crippen LogP contribution in [0.25, 0.3) is 0 Å². The summed E-state index contributed by atoms with van der Waals surface area (Å²) in [7, 11) is 0. The van der Waals surface area contributed by atoms with Crippen molar-refractivity contribution in [2.75, 3.05) is 5.33 Å². The van der Waals surface area contributed by atoms with Crippen molar-refractivity contribution in [1.82, 2.24) is 0 Å². The Balaban J connectivity index is 2.86. The van der Waals surface area contributed by atoms with Crippen LogP contribution in [-0.4, -0.2) is 10.4 Å². The van der Waals surface area contributed by atoms with E-state index in [1.54, 1.807) is 0 Å². The van der Waals surface area contributed by atoms with E-state index in [0.29, 0.717) is 5.33 Å². The number of aliphatic hydroxyl groups excluding tert-OH is 1. The van der Waals surface area contributed by atoms with E-state index in [-0.39, 0.29) is 6.10 Å². The summed E-state index contributed by atoms with van der Waals surface area (Å²) in [6, 6.07) is 8.06. The summed E-state index contributed by atoms with van der Waals surface area (Å²) in [6.45, 7) is 2.11. The van der Waals surface area contributed by atoms with Crippen LogP contribution in [-0.2, 0) is 6.42 Å². The fraction of sp³-hybridized carbons (Fsp3) is 0.400. The molecule has 0 heterocycles. The van der Waals surface area contributed by atoms with Gasteiger partial charge in [0.15, 0.2) is 0 Å². The van der Waals surface area contributed by atoms with Gasteiger partial charge in [-0.25, -0.2) is 0 Å². The van der Waals surface area contributed by atoms with E-state index in [0.717, 1.165) is 12.0 Å². The second kappa shape index (κ2) is 4.63. The third-order valence-corrected chi connectivity index (χ3v) is 2.50. The number of hydrogen-bond acceptors (Lipinski definition) is 1. The first-order valence-corrected chi connectivity index (χ1v) is 5.23. The standard InChI is InChI=1S/C10H13BrO/c1-2-8-4-3-5-9(6-8)10(12)7-11/h3-6,10,12H,2,7H2,1H3. The molecular formula is C10H13BrO. The van der Waals surface area contributed by atoms with Gasteiger partial charge in [-0.05, 0) is 17.5 Å². The lowest BCUT2D eigenvalue weighted by molar-refractivity contribution is 0.205. The van der Waals surface area contributed by atoms with Crippen LogP contribution in [0.5, 0.6) is 0 Å². The zero-order chi connectivity index (χ0) is 8.97. The number of rotatable bonds is 3. The van der Waals surface area contributed by atoms with Gasteiger partial charge in [-0.15, -0.1) is 0 Å². The molecule has 66 valence electrons. The van der Waals surface area contributed by atoms with Crippen LogP contribution in [0.2, 0.25) is 0 Å². The second-order valence-corrected chi connectivity index (χ2v) is 3.42. The van der Waals surface area contributed by atoms with E-state index in [9.17, 15) is 5.11 Å². The van der Waals surface area contributed by atoms with Gasteiger partial charge in [-0.2, -0.15) is 0 Å². The molecule has 1 nitrogen and oxygen atoms in total. The minimum Gasteiger partial charge on any atom is -0.388 e. The molecule has 0 aliphatic carbocycles. The van der Waals surface area contributed by atoms with Crippen molar-refractivity contribution in [2.24, 2.45) is 0 Å². The SMILES string of the molecule is CCc1cccc(C(O)CBr)c1. The predicted octanol–water partition coefficient (Wildman–Crippen LogP) is 2.68. The predicted molar refractivity (Wildman–Crippen MR) is 54.6 cm³/mol. The Kier molecular flexibility index (Phi) is 3.76. The summed E-state index contributed by atoms with van der Waals surface area (Å²) in [5.41, 5.74) is 2.26. The minimum atomic E-state index is -0.378. The van der Waals surface area contributed by atoms with Crippen LogP contribution in [0.4, 0.5) is 0 Å². The molecule has 0 bridgehead atoms. The van der Waals surface area contributed by atoms with Crippen molar-refractivity contribution in [3.63, 3.8) is 0 Å². The first-order valence-electron chi connectivity index (χ1n) is 4.10. The molecule has 0 radical (unpaired) electrons. The third-order valence-electron chi connectivity index (χ3n) is 1.89. The summed E-state index contributed by atoms with van der Waals surface area (Å²) >= 11 is 3.25. The van der Waals surface area contributed by atoms with E-state index in [2.05, 4.69) is 28.9 Å². The van der Waals surface area contributed by atoms with Gasteiger partial charge in [-0.3, -0.25) is 0 Å². The zero-order valence-corrected chi connectivity index (χ0v) is 8.71. The second-order valence-electron chi connectivity index (χ2n) is 2.77. The monoisotopic (exact) mass is 228 g/mol. The summed E-state index contributed by atoms with van der Waals surface area (Å²) in [5, 5.41) is 10.1. The Labute approximate surface area is 81.6 Å². The third kappa shape index (κ3) is 2.32. The number of alkyl halides is 1. The van der Waals surface area contributed by atoms with E-state index >= 15 is 0 Å². The molecule has 0 spiro atoms. The summed E-state index contributed by atoms with van der Waals surface area (Å²) in [4.78, 5) is 0. The van der Waals surface area contributed by atoms with Crippen LogP contribution in [0.15, 0.2) is 24.3 Å². The van der Waals surface area contributed by atoms with Gasteiger partial charge in [0.25, 0.3) is 0 Å². The van der Waals surface area contributed by atoms with Crippen molar-refractivity contribution in [3.05, 3.63) is 35.4 Å². The fourth-order valence-electron chi connectivity index (χ4n) is 1.11. The van der Waals surface area contributed by atoms with E-state index in [4.69, 9.17) is 0 Å². The lowest BCUT2D eigenvalue weighted by atomic mass is 10.1. The highest BCUT2D eigenvalue weighted by molar-refractivity contribution is 9.09. The Bertz CT molecular complexity index is 247. The van der Waals surface area contributed by atoms with Crippen molar-refractivity contribution in [3.8, 4) is 0 Å². The van der Waals surface area contributed by atoms with E-state index in [1.807, 2.05) is 18.2 Å². The molecule has 1 rings (SSSR count). The number of aliphatic hydroxyl groups is 1. The number of benzene rings is 1. The molecule has 1 aromatic carbocycles. The lowest BCUT2D eigenvalue weighted by Crippen LogP contribution is -1.98. The van der Waals surface area contributed by atoms with Gasteiger partial charge in [0.2, 0.25) is 0 Å². The van der Waals surface area contributed by atoms with Gasteiger partial charge >= 0.3 is 0 Å². The molecule has 0 fully saturated rings. The molecular weight excluding hydrogens is 216 g/mol. The first-order chi connectivity index (χ1) is 5.77. The molecule has 0 amide bonds. The van der Waals surface area contributed by atoms with Crippen LogP contribution in [0.1, 0.15) is 24.2 Å². The molecule has 0 aromatic heterocycles. The summed E-state index contributed by atoms with van der Waals surface area (Å²) < 4.78 is 0. The minimum absolute atomic E-state index is 0.378. The molecule has 0 saturated carbocycles. The van der Waals surface area contributed by atoms with Crippen molar-refractivity contribution in [2.45, 2.75) is 19.4 Å². The maximum Gasteiger partial charge on any atom is 0.0886 e. The molecule has 2 heteroatoms. The number of hydrogen-bond donors (Lipinski definition) is 1. The van der Waals surface area contributed by atoms with Gasteiger partial charge in [0.1, 0.15) is 0 Å². The normalized spacial score (nSPS) is 12.9. The van der Waals surface area contributed by atoms with Crippen LogP contribution in [0.3, 0.4) is 0 Å². The lowest BCUT2D eigenvalue weighted by Gasteiger charge is -2.07. The number of aryl methyl sites for hydroxylation is 1. The molecule has 0 aliphatic rings. The van der Waals surface area contributed by atoms with Gasteiger partial charge in [0.05, 0.1) is 6.10 Å². The fourth-order valence-corrected chi connectivity index (χ4v) is 1.48. The van der Waals surface area contributed by atoms with Gasteiger partial charge < -0.3 is 5.11 Å². The molecule has 1 N–H and O–H groups in total. The molecule has 0 aliphatic heterocycles. The molecule has 1 atom stereocenters. The maximum absolute atomic E-state index is 9.50. The van der Waals surface area contributed by atoms with E-state index in [1.165, 1.54) is 5.56 Å². The van der Waals surface area contributed by atoms with Crippen molar-refractivity contribution < 1.29 is 5.11 Å². The maximum atomic E-state index is 9.50. The van der Waals surface area contributed by atoms with Crippen molar-refractivity contribution in [1.29, 1.82) is 0 Å². The molecule has 0 saturated heterocycles. The molecule has 1 unspecified atom stereocenters. The Hall–Kier alpha value is -0.340. The van der Waals surface area contributed by atoms with E-state index < -0.39 is 0 Å². The number of halogens is 1. The highest BCUT2D eigenvalue weighted by atomic mass is 79.9. The van der Waals surface area contributed by atoms with Crippen LogP contribution < -0.4 is 0 Å². The van der Waals surface area contributed by atoms with Crippen LogP contribution >= 0.6 is 15.9 Å². The Morgan fingerprint density at radius 1 is 1.50 bits per heavy atom. The topological polar surface area (TPSA) is 20.2 Å². The van der Waals surface area contributed by atoms with Crippen molar-refractivity contribution >= 4 is 15.9 Å². The smallest absolute Gasteiger partial charge is 0.0886 e. The highest BCUT2D eigenvalue weighted by Gasteiger charge is 2.04.